The lowest BCUT2D eigenvalue weighted by atomic mass is 10.9. The Morgan fingerprint density at radius 1 is 1.44 bits per heavy atom. The topological polar surface area (TPSA) is 49.8 Å². The van der Waals surface area contributed by atoms with E-state index in [1.165, 1.54) is 12.0 Å². The Hall–Kier alpha value is -0.770. The number of carbonyl (C=O) groups is 1. The first-order valence-corrected chi connectivity index (χ1v) is 2.38. The highest BCUT2D eigenvalue weighted by Gasteiger charge is 1.97. The molecule has 0 aromatic heterocycles. The zero-order chi connectivity index (χ0) is 7.86. The van der Waals surface area contributed by atoms with E-state index in [2.05, 4.69) is 4.74 Å². The van der Waals surface area contributed by atoms with Crippen LogP contribution in [0.25, 0.3) is 0 Å². The van der Waals surface area contributed by atoms with E-state index >= 15 is 0 Å². The summed E-state index contributed by atoms with van der Waals surface area (Å²) in [6, 6.07) is 0. The summed E-state index contributed by atoms with van der Waals surface area (Å²) < 4.78 is 4.30. The number of hydrogen-bond acceptors (Lipinski definition) is 3. The Labute approximate surface area is 55.0 Å². The molecule has 0 saturated heterocycles. The Morgan fingerprint density at radius 3 is 1.78 bits per heavy atom. The SMILES string of the molecule is CO.COC(=O)N(C)C. The van der Waals surface area contributed by atoms with Crippen molar-refractivity contribution in [1.29, 1.82) is 0 Å². The molecule has 0 aromatic rings. The van der Waals surface area contributed by atoms with Gasteiger partial charge in [0.2, 0.25) is 0 Å². The fraction of sp³-hybridized carbons (Fsp3) is 0.800. The average molecular weight is 135 g/mol. The van der Waals surface area contributed by atoms with Crippen molar-refractivity contribution < 1.29 is 14.6 Å². The molecule has 0 atom stereocenters. The molecule has 0 spiro atoms. The van der Waals surface area contributed by atoms with Gasteiger partial charge in [0.15, 0.2) is 0 Å². The molecule has 0 unspecified atom stereocenters. The number of aliphatic hydroxyl groups excluding tert-OH is 1. The molecule has 1 N–H and O–H groups in total. The highest BCUT2D eigenvalue weighted by Crippen LogP contribution is 1.78. The summed E-state index contributed by atoms with van der Waals surface area (Å²) in [5.74, 6) is 0. The maximum atomic E-state index is 10.2. The van der Waals surface area contributed by atoms with Crippen LogP contribution in [0.3, 0.4) is 0 Å². The van der Waals surface area contributed by atoms with Gasteiger partial charge in [0.25, 0.3) is 0 Å². The second-order valence-electron chi connectivity index (χ2n) is 1.36. The van der Waals surface area contributed by atoms with Crippen molar-refractivity contribution >= 4 is 6.09 Å². The van der Waals surface area contributed by atoms with Gasteiger partial charge < -0.3 is 14.7 Å². The molecule has 0 fully saturated rings. The Kier molecular flexibility index (Phi) is 8.90. The van der Waals surface area contributed by atoms with Crippen LogP contribution in [0.5, 0.6) is 0 Å². The van der Waals surface area contributed by atoms with Gasteiger partial charge in [0.1, 0.15) is 0 Å². The molecule has 0 radical (unpaired) electrons. The molecular formula is C5H13NO3. The van der Waals surface area contributed by atoms with E-state index in [1.807, 2.05) is 0 Å². The first-order valence-electron chi connectivity index (χ1n) is 2.38. The fourth-order valence-electron chi connectivity index (χ4n) is 0.183. The van der Waals surface area contributed by atoms with Crippen LogP contribution in [0.2, 0.25) is 0 Å². The first kappa shape index (κ1) is 11.1. The predicted octanol–water partition coefficient (Wildman–Crippen LogP) is -0.0771. The summed E-state index contributed by atoms with van der Waals surface area (Å²) in [5.41, 5.74) is 0. The van der Waals surface area contributed by atoms with E-state index in [4.69, 9.17) is 5.11 Å². The minimum absolute atomic E-state index is 0.319. The Bertz CT molecular complexity index is 72.6. The van der Waals surface area contributed by atoms with Crippen LogP contribution in [-0.2, 0) is 4.74 Å². The molecule has 0 aliphatic carbocycles. The lowest BCUT2D eigenvalue weighted by Gasteiger charge is -2.05. The molecule has 0 aliphatic heterocycles. The van der Waals surface area contributed by atoms with Crippen molar-refractivity contribution in [1.82, 2.24) is 4.90 Å². The smallest absolute Gasteiger partial charge is 0.408 e. The van der Waals surface area contributed by atoms with Crippen LogP contribution in [0.15, 0.2) is 0 Å². The normalized spacial score (nSPS) is 6.78. The van der Waals surface area contributed by atoms with Crippen LogP contribution < -0.4 is 0 Å². The maximum Gasteiger partial charge on any atom is 0.408 e. The van der Waals surface area contributed by atoms with Crippen molar-refractivity contribution in [3.05, 3.63) is 0 Å². The molecular weight excluding hydrogens is 122 g/mol. The first-order chi connectivity index (χ1) is 4.18. The van der Waals surface area contributed by atoms with Gasteiger partial charge in [-0.15, -0.1) is 0 Å². The third-order valence-corrected chi connectivity index (χ3v) is 0.540. The second kappa shape index (κ2) is 7.23. The lowest BCUT2D eigenvalue weighted by Crippen LogP contribution is -2.20. The van der Waals surface area contributed by atoms with Gasteiger partial charge in [-0.05, 0) is 0 Å². The van der Waals surface area contributed by atoms with Gasteiger partial charge in [-0.1, -0.05) is 0 Å². The summed E-state index contributed by atoms with van der Waals surface area (Å²) in [7, 11) is 5.61. The summed E-state index contributed by atoms with van der Waals surface area (Å²) >= 11 is 0. The molecule has 0 rings (SSSR count). The van der Waals surface area contributed by atoms with E-state index in [-0.39, 0.29) is 6.09 Å². The Morgan fingerprint density at radius 2 is 1.78 bits per heavy atom. The van der Waals surface area contributed by atoms with Crippen LogP contribution in [0.4, 0.5) is 4.79 Å². The molecule has 4 heteroatoms. The summed E-state index contributed by atoms with van der Waals surface area (Å²) in [4.78, 5) is 11.6. The minimum atomic E-state index is -0.319. The number of aliphatic hydroxyl groups is 1. The highest BCUT2D eigenvalue weighted by molar-refractivity contribution is 5.66. The van der Waals surface area contributed by atoms with Gasteiger partial charge in [0.05, 0.1) is 7.11 Å². The van der Waals surface area contributed by atoms with E-state index in [0.717, 1.165) is 7.11 Å². The van der Waals surface area contributed by atoms with Crippen LogP contribution >= 0.6 is 0 Å². The van der Waals surface area contributed by atoms with E-state index in [9.17, 15) is 4.79 Å². The number of methoxy groups -OCH3 is 1. The molecule has 0 heterocycles. The molecule has 0 aliphatic rings. The number of nitrogens with zero attached hydrogens (tertiary/aromatic N) is 1. The predicted molar refractivity (Wildman–Crippen MR) is 34.2 cm³/mol. The van der Waals surface area contributed by atoms with E-state index < -0.39 is 0 Å². The molecule has 56 valence electrons. The van der Waals surface area contributed by atoms with Gasteiger partial charge in [0, 0.05) is 21.2 Å². The van der Waals surface area contributed by atoms with E-state index in [0.29, 0.717) is 0 Å². The van der Waals surface area contributed by atoms with Crippen molar-refractivity contribution in [2.45, 2.75) is 0 Å². The van der Waals surface area contributed by atoms with Crippen molar-refractivity contribution in [2.24, 2.45) is 0 Å². The lowest BCUT2D eigenvalue weighted by molar-refractivity contribution is 0.141. The number of carbonyl (C=O) groups excluding carboxylic acids is 1. The largest absolute Gasteiger partial charge is 0.453 e. The molecule has 4 nitrogen and oxygen atoms in total. The van der Waals surface area contributed by atoms with Crippen LogP contribution in [0.1, 0.15) is 0 Å². The van der Waals surface area contributed by atoms with Crippen molar-refractivity contribution in [3.8, 4) is 0 Å². The van der Waals surface area contributed by atoms with E-state index in [1.54, 1.807) is 14.1 Å². The highest BCUT2D eigenvalue weighted by atomic mass is 16.5. The minimum Gasteiger partial charge on any atom is -0.453 e. The Balaban J connectivity index is 0. The monoisotopic (exact) mass is 135 g/mol. The molecule has 0 saturated carbocycles. The number of hydrogen-bond donors (Lipinski definition) is 1. The number of amides is 1. The second-order valence-corrected chi connectivity index (χ2v) is 1.36. The molecule has 0 aromatic carbocycles. The fourth-order valence-corrected chi connectivity index (χ4v) is 0.183. The van der Waals surface area contributed by atoms with Gasteiger partial charge in [-0.2, -0.15) is 0 Å². The summed E-state index contributed by atoms with van der Waals surface area (Å²) in [6.07, 6.45) is -0.319. The number of ether oxygens (including phenoxy) is 1. The van der Waals surface area contributed by atoms with Crippen molar-refractivity contribution in [2.75, 3.05) is 28.3 Å². The molecule has 1 amide bonds. The number of rotatable bonds is 0. The summed E-state index contributed by atoms with van der Waals surface area (Å²) in [5, 5.41) is 7.00. The zero-order valence-electron chi connectivity index (χ0n) is 6.21. The standard InChI is InChI=1S/C4H9NO2.CH4O/c1-5(2)4(6)7-3;1-2/h1-3H3;2H,1H3. The summed E-state index contributed by atoms with van der Waals surface area (Å²) in [6.45, 7) is 0. The van der Waals surface area contributed by atoms with Crippen molar-refractivity contribution in [3.63, 3.8) is 0 Å². The average Bonchev–Trinajstić information content (AvgIpc) is 1.91. The third-order valence-electron chi connectivity index (χ3n) is 0.540. The quantitative estimate of drug-likeness (QED) is 0.505. The van der Waals surface area contributed by atoms with Gasteiger partial charge in [-0.25, -0.2) is 4.79 Å². The van der Waals surface area contributed by atoms with Gasteiger partial charge >= 0.3 is 6.09 Å². The zero-order valence-corrected chi connectivity index (χ0v) is 6.21. The van der Waals surface area contributed by atoms with Crippen LogP contribution in [-0.4, -0.2) is 44.4 Å². The van der Waals surface area contributed by atoms with Gasteiger partial charge in [-0.3, -0.25) is 0 Å². The molecule has 9 heavy (non-hydrogen) atoms. The van der Waals surface area contributed by atoms with Crippen LogP contribution in [0, 0.1) is 0 Å². The maximum absolute atomic E-state index is 10.2. The molecule has 0 bridgehead atoms. The third kappa shape index (κ3) is 7.23.